The molecule has 98 valence electrons. The van der Waals surface area contributed by atoms with Gasteiger partial charge in [0.05, 0.1) is 4.92 Å². The molecule has 0 aliphatic carbocycles. The van der Waals surface area contributed by atoms with Crippen LogP contribution in [0.25, 0.3) is 0 Å². The molecule has 1 rings (SSSR count). The number of carbonyl (C=O) groups is 1. The van der Waals surface area contributed by atoms with Crippen LogP contribution in [-0.2, 0) is 4.79 Å². The van der Waals surface area contributed by atoms with Gasteiger partial charge in [-0.15, -0.1) is 0 Å². The SMILES string of the molecule is Cc1cc(NC(C)CC(N)=O)c(Br)cc1[N+](=O)[O-]. The van der Waals surface area contributed by atoms with Crippen LogP contribution < -0.4 is 11.1 Å². The summed E-state index contributed by atoms with van der Waals surface area (Å²) in [6, 6.07) is 2.97. The fourth-order valence-corrected chi connectivity index (χ4v) is 2.04. The lowest BCUT2D eigenvalue weighted by molar-refractivity contribution is -0.385. The van der Waals surface area contributed by atoms with Crippen LogP contribution in [0.1, 0.15) is 18.9 Å². The Bertz CT molecular complexity index is 491. The molecule has 0 saturated carbocycles. The standard InChI is InChI=1S/C11H14BrN3O3/c1-6-3-9(14-7(2)4-11(13)16)8(12)5-10(6)15(17)18/h3,5,7,14H,4H2,1-2H3,(H2,13,16). The summed E-state index contributed by atoms with van der Waals surface area (Å²) in [6.45, 7) is 3.47. The number of hydrogen-bond acceptors (Lipinski definition) is 4. The first-order valence-electron chi connectivity index (χ1n) is 5.30. The van der Waals surface area contributed by atoms with Gasteiger partial charge in [0.25, 0.3) is 5.69 Å². The summed E-state index contributed by atoms with van der Waals surface area (Å²) < 4.78 is 0.580. The number of carbonyl (C=O) groups excluding carboxylic acids is 1. The zero-order chi connectivity index (χ0) is 13.9. The fourth-order valence-electron chi connectivity index (χ4n) is 1.60. The third kappa shape index (κ3) is 3.69. The topological polar surface area (TPSA) is 98.3 Å². The second-order valence-corrected chi connectivity index (χ2v) is 4.95. The number of rotatable bonds is 5. The zero-order valence-electron chi connectivity index (χ0n) is 10.1. The molecular weight excluding hydrogens is 302 g/mol. The number of amides is 1. The fraction of sp³-hybridized carbons (Fsp3) is 0.364. The number of benzene rings is 1. The zero-order valence-corrected chi connectivity index (χ0v) is 11.7. The van der Waals surface area contributed by atoms with Gasteiger partial charge in [0.1, 0.15) is 0 Å². The van der Waals surface area contributed by atoms with Gasteiger partial charge in [-0.25, -0.2) is 0 Å². The minimum absolute atomic E-state index is 0.0509. The molecular formula is C11H14BrN3O3. The van der Waals surface area contributed by atoms with E-state index in [9.17, 15) is 14.9 Å². The van der Waals surface area contributed by atoms with Crippen molar-refractivity contribution < 1.29 is 9.72 Å². The van der Waals surface area contributed by atoms with Gasteiger partial charge in [-0.3, -0.25) is 14.9 Å². The molecule has 0 heterocycles. The molecule has 3 N–H and O–H groups in total. The van der Waals surface area contributed by atoms with Crippen molar-refractivity contribution >= 4 is 33.2 Å². The van der Waals surface area contributed by atoms with E-state index in [1.807, 2.05) is 6.92 Å². The van der Waals surface area contributed by atoms with E-state index >= 15 is 0 Å². The van der Waals surface area contributed by atoms with Crippen LogP contribution in [0, 0.1) is 17.0 Å². The second-order valence-electron chi connectivity index (χ2n) is 4.09. The molecule has 0 bridgehead atoms. The average molecular weight is 316 g/mol. The molecule has 1 aromatic carbocycles. The Kier molecular flexibility index (Phi) is 4.66. The van der Waals surface area contributed by atoms with Crippen molar-refractivity contribution in [1.82, 2.24) is 0 Å². The lowest BCUT2D eigenvalue weighted by Crippen LogP contribution is -2.24. The monoisotopic (exact) mass is 315 g/mol. The third-order valence-electron chi connectivity index (χ3n) is 2.39. The molecule has 0 aliphatic heterocycles. The van der Waals surface area contributed by atoms with Crippen LogP contribution in [0.15, 0.2) is 16.6 Å². The highest BCUT2D eigenvalue weighted by molar-refractivity contribution is 9.10. The van der Waals surface area contributed by atoms with Crippen LogP contribution in [0.5, 0.6) is 0 Å². The minimum atomic E-state index is -0.434. The van der Waals surface area contributed by atoms with E-state index < -0.39 is 10.8 Å². The highest BCUT2D eigenvalue weighted by atomic mass is 79.9. The molecule has 1 atom stereocenters. The number of nitrogens with zero attached hydrogens (tertiary/aromatic N) is 1. The van der Waals surface area contributed by atoms with Crippen molar-refractivity contribution in [2.24, 2.45) is 5.73 Å². The molecule has 1 unspecified atom stereocenters. The van der Waals surface area contributed by atoms with Crippen LogP contribution in [-0.4, -0.2) is 16.9 Å². The third-order valence-corrected chi connectivity index (χ3v) is 3.05. The van der Waals surface area contributed by atoms with Crippen molar-refractivity contribution in [3.8, 4) is 0 Å². The number of aryl methyl sites for hydroxylation is 1. The van der Waals surface area contributed by atoms with E-state index in [1.54, 1.807) is 13.0 Å². The van der Waals surface area contributed by atoms with Crippen molar-refractivity contribution in [3.63, 3.8) is 0 Å². The van der Waals surface area contributed by atoms with Crippen LogP contribution in [0.3, 0.4) is 0 Å². The number of nitro benzene ring substituents is 1. The molecule has 7 heteroatoms. The largest absolute Gasteiger partial charge is 0.381 e. The molecule has 0 fully saturated rings. The molecule has 6 nitrogen and oxygen atoms in total. The van der Waals surface area contributed by atoms with Gasteiger partial charge in [-0.2, -0.15) is 0 Å². The smallest absolute Gasteiger partial charge is 0.273 e. The predicted molar refractivity (Wildman–Crippen MR) is 72.4 cm³/mol. The van der Waals surface area contributed by atoms with Crippen molar-refractivity contribution in [3.05, 3.63) is 32.3 Å². The van der Waals surface area contributed by atoms with Gasteiger partial charge in [0.15, 0.2) is 0 Å². The minimum Gasteiger partial charge on any atom is -0.381 e. The Labute approximate surface area is 113 Å². The molecule has 0 aliphatic rings. The van der Waals surface area contributed by atoms with Crippen LogP contribution in [0.4, 0.5) is 11.4 Å². The van der Waals surface area contributed by atoms with Gasteiger partial charge in [-0.1, -0.05) is 0 Å². The van der Waals surface area contributed by atoms with Gasteiger partial charge in [0.2, 0.25) is 5.91 Å². The van der Waals surface area contributed by atoms with Gasteiger partial charge in [0, 0.05) is 34.3 Å². The first-order chi connectivity index (χ1) is 8.31. The summed E-state index contributed by atoms with van der Waals surface area (Å²) in [5, 5.41) is 13.8. The van der Waals surface area contributed by atoms with Gasteiger partial charge in [-0.05, 0) is 35.8 Å². The van der Waals surface area contributed by atoms with Crippen LogP contribution >= 0.6 is 15.9 Å². The Morgan fingerprint density at radius 3 is 2.72 bits per heavy atom. The lowest BCUT2D eigenvalue weighted by atomic mass is 10.1. The summed E-state index contributed by atoms with van der Waals surface area (Å²) in [4.78, 5) is 21.1. The number of halogens is 1. The summed E-state index contributed by atoms with van der Waals surface area (Å²) in [7, 11) is 0. The number of nitrogens with one attached hydrogen (secondary N) is 1. The number of anilines is 1. The summed E-state index contributed by atoms with van der Waals surface area (Å²) in [5.41, 5.74) is 6.40. The van der Waals surface area contributed by atoms with Crippen molar-refractivity contribution in [1.29, 1.82) is 0 Å². The van der Waals surface area contributed by atoms with E-state index in [2.05, 4.69) is 21.2 Å². The molecule has 0 spiro atoms. The second kappa shape index (κ2) is 5.81. The van der Waals surface area contributed by atoms with E-state index in [0.717, 1.165) is 0 Å². The normalized spacial score (nSPS) is 11.9. The Morgan fingerprint density at radius 1 is 1.61 bits per heavy atom. The summed E-state index contributed by atoms with van der Waals surface area (Å²) >= 11 is 3.26. The van der Waals surface area contributed by atoms with Crippen molar-refractivity contribution in [2.75, 3.05) is 5.32 Å². The predicted octanol–water partition coefficient (Wildman–Crippen LogP) is 2.34. The highest BCUT2D eigenvalue weighted by Crippen LogP contribution is 2.31. The van der Waals surface area contributed by atoms with E-state index in [1.165, 1.54) is 6.07 Å². The summed E-state index contributed by atoms with van der Waals surface area (Å²) in [5.74, 6) is -0.398. The quantitative estimate of drug-likeness (QED) is 0.643. The maximum absolute atomic E-state index is 10.8. The van der Waals surface area contributed by atoms with E-state index in [4.69, 9.17) is 5.73 Å². The number of nitro groups is 1. The molecule has 0 aromatic heterocycles. The molecule has 1 aromatic rings. The number of nitrogens with two attached hydrogens (primary N) is 1. The first-order valence-corrected chi connectivity index (χ1v) is 6.10. The maximum atomic E-state index is 10.8. The highest BCUT2D eigenvalue weighted by Gasteiger charge is 2.15. The molecule has 0 saturated heterocycles. The number of hydrogen-bond donors (Lipinski definition) is 2. The van der Waals surface area contributed by atoms with Gasteiger partial charge >= 0.3 is 0 Å². The Hall–Kier alpha value is -1.63. The average Bonchev–Trinajstić information content (AvgIpc) is 2.21. The summed E-state index contributed by atoms with van der Waals surface area (Å²) in [6.07, 6.45) is 0.197. The number of primary amides is 1. The molecule has 0 radical (unpaired) electrons. The molecule has 1 amide bonds. The van der Waals surface area contributed by atoms with Gasteiger partial charge < -0.3 is 11.1 Å². The Balaban J connectivity index is 2.94. The first kappa shape index (κ1) is 14.4. The van der Waals surface area contributed by atoms with Crippen molar-refractivity contribution in [2.45, 2.75) is 26.3 Å². The van der Waals surface area contributed by atoms with E-state index in [0.29, 0.717) is 15.7 Å². The molecule has 18 heavy (non-hydrogen) atoms. The maximum Gasteiger partial charge on any atom is 0.273 e. The lowest BCUT2D eigenvalue weighted by Gasteiger charge is -2.15. The van der Waals surface area contributed by atoms with E-state index in [-0.39, 0.29) is 18.2 Å². The van der Waals surface area contributed by atoms with Crippen LogP contribution in [0.2, 0.25) is 0 Å². The Morgan fingerprint density at radius 2 is 2.22 bits per heavy atom.